The zero-order chi connectivity index (χ0) is 19.0. The Labute approximate surface area is 150 Å². The number of aryl methyl sites for hydroxylation is 1. The third-order valence-corrected chi connectivity index (χ3v) is 4.46. The molecule has 0 radical (unpaired) electrons. The monoisotopic (exact) mass is 347 g/mol. The van der Waals surface area contributed by atoms with Crippen molar-refractivity contribution < 1.29 is 19.1 Å². The summed E-state index contributed by atoms with van der Waals surface area (Å²) in [4.78, 5) is 38.2. The van der Waals surface area contributed by atoms with Crippen molar-refractivity contribution in [3.05, 3.63) is 35.4 Å². The summed E-state index contributed by atoms with van der Waals surface area (Å²) in [6.07, 6.45) is 1.10. The molecular weight excluding hydrogens is 318 g/mol. The van der Waals surface area contributed by atoms with E-state index in [1.165, 1.54) is 7.11 Å². The van der Waals surface area contributed by atoms with Crippen molar-refractivity contribution in [3.8, 4) is 0 Å². The number of Topliss-reactive ketones (excluding diaryl/α,β-unsaturated/α-hetero) is 1. The van der Waals surface area contributed by atoms with Gasteiger partial charge in [0.1, 0.15) is 0 Å². The van der Waals surface area contributed by atoms with Crippen LogP contribution in [0.5, 0.6) is 0 Å². The Bertz CT molecular complexity index is 594. The maximum atomic E-state index is 12.6. The van der Waals surface area contributed by atoms with Gasteiger partial charge in [-0.1, -0.05) is 43.7 Å². The molecular formula is C20H29NO4. The van der Waals surface area contributed by atoms with E-state index in [9.17, 15) is 14.4 Å². The number of ketones is 1. The first-order valence-corrected chi connectivity index (χ1v) is 8.77. The summed E-state index contributed by atoms with van der Waals surface area (Å²) in [7, 11) is 1.34. The Hall–Kier alpha value is -2.17. The second-order valence-electron chi connectivity index (χ2n) is 6.52. The average Bonchev–Trinajstić information content (AvgIpc) is 2.62. The second kappa shape index (κ2) is 9.97. The lowest BCUT2D eigenvalue weighted by atomic mass is 10.0. The highest BCUT2D eigenvalue weighted by atomic mass is 16.5. The minimum absolute atomic E-state index is 0.00841. The molecule has 0 saturated heterocycles. The highest BCUT2D eigenvalue weighted by Gasteiger charge is 2.25. The minimum atomic E-state index is -0.393. The molecule has 0 spiro atoms. The van der Waals surface area contributed by atoms with Gasteiger partial charge in [0.05, 0.1) is 13.0 Å². The number of carbonyl (C=O) groups excluding carboxylic acids is 3. The first-order chi connectivity index (χ1) is 11.8. The molecule has 0 saturated carbocycles. The molecule has 138 valence electrons. The molecule has 0 aromatic heterocycles. The number of ether oxygens (including phenoxy) is 1. The molecule has 5 heteroatoms. The fraction of sp³-hybridized carbons (Fsp3) is 0.550. The number of esters is 1. The standard InChI is InChI=1S/C20H29NO4/c1-6-16(4)21(13-15(3)20(24)25-5)19(23)12-11-18(22)17-9-7-14(2)8-10-17/h7-10,15-16H,6,11-13H2,1-5H3. The molecule has 0 N–H and O–H groups in total. The van der Waals surface area contributed by atoms with Crippen LogP contribution in [-0.2, 0) is 14.3 Å². The predicted molar refractivity (Wildman–Crippen MR) is 97.4 cm³/mol. The van der Waals surface area contributed by atoms with Gasteiger partial charge in [-0.2, -0.15) is 0 Å². The smallest absolute Gasteiger partial charge is 0.310 e. The number of methoxy groups -OCH3 is 1. The summed E-state index contributed by atoms with van der Waals surface area (Å²) in [6.45, 7) is 7.95. The molecule has 1 rings (SSSR count). The lowest BCUT2D eigenvalue weighted by Crippen LogP contribution is -2.42. The Morgan fingerprint density at radius 2 is 1.68 bits per heavy atom. The van der Waals surface area contributed by atoms with E-state index in [1.807, 2.05) is 32.9 Å². The van der Waals surface area contributed by atoms with Gasteiger partial charge in [-0.15, -0.1) is 0 Å². The van der Waals surface area contributed by atoms with Crippen molar-refractivity contribution in [2.75, 3.05) is 13.7 Å². The quantitative estimate of drug-likeness (QED) is 0.507. The zero-order valence-corrected chi connectivity index (χ0v) is 15.9. The van der Waals surface area contributed by atoms with Crippen LogP contribution in [0, 0.1) is 12.8 Å². The second-order valence-corrected chi connectivity index (χ2v) is 6.52. The fourth-order valence-corrected chi connectivity index (χ4v) is 2.57. The molecule has 25 heavy (non-hydrogen) atoms. The molecule has 2 atom stereocenters. The number of amides is 1. The van der Waals surface area contributed by atoms with Crippen molar-refractivity contribution >= 4 is 17.7 Å². The van der Waals surface area contributed by atoms with Gasteiger partial charge < -0.3 is 9.64 Å². The van der Waals surface area contributed by atoms with E-state index < -0.39 is 5.92 Å². The van der Waals surface area contributed by atoms with Crippen LogP contribution < -0.4 is 0 Å². The summed E-state index contributed by atoms with van der Waals surface area (Å²) in [5.41, 5.74) is 1.71. The number of benzene rings is 1. The zero-order valence-electron chi connectivity index (χ0n) is 15.9. The summed E-state index contributed by atoms with van der Waals surface area (Å²) in [5, 5.41) is 0. The first-order valence-electron chi connectivity index (χ1n) is 8.77. The van der Waals surface area contributed by atoms with Gasteiger partial charge in [0.2, 0.25) is 5.91 Å². The van der Waals surface area contributed by atoms with E-state index in [-0.39, 0.29) is 36.5 Å². The normalized spacial score (nSPS) is 13.0. The first kappa shape index (κ1) is 20.9. The molecule has 1 aromatic rings. The SMILES string of the molecule is CCC(C)N(CC(C)C(=O)OC)C(=O)CCC(=O)c1ccc(C)cc1. The van der Waals surface area contributed by atoms with Crippen LogP contribution >= 0.6 is 0 Å². The van der Waals surface area contributed by atoms with E-state index in [2.05, 4.69) is 0 Å². The highest BCUT2D eigenvalue weighted by Crippen LogP contribution is 2.14. The fourth-order valence-electron chi connectivity index (χ4n) is 2.57. The van der Waals surface area contributed by atoms with Gasteiger partial charge in [-0.05, 0) is 20.3 Å². The van der Waals surface area contributed by atoms with Crippen molar-refractivity contribution in [3.63, 3.8) is 0 Å². The van der Waals surface area contributed by atoms with Crippen molar-refractivity contribution in [1.29, 1.82) is 0 Å². The number of rotatable bonds is 9. The van der Waals surface area contributed by atoms with E-state index in [1.54, 1.807) is 24.0 Å². The molecule has 0 aliphatic rings. The van der Waals surface area contributed by atoms with Crippen LogP contribution in [0.25, 0.3) is 0 Å². The number of carbonyl (C=O) groups is 3. The predicted octanol–water partition coefficient (Wildman–Crippen LogP) is 3.39. The van der Waals surface area contributed by atoms with Crippen LogP contribution in [0.4, 0.5) is 0 Å². The Kier molecular flexibility index (Phi) is 8.32. The third kappa shape index (κ3) is 6.33. The summed E-state index contributed by atoms with van der Waals surface area (Å²) >= 11 is 0. The minimum Gasteiger partial charge on any atom is -0.469 e. The van der Waals surface area contributed by atoms with Crippen molar-refractivity contribution in [2.45, 2.75) is 53.0 Å². The van der Waals surface area contributed by atoms with Crippen LogP contribution in [0.15, 0.2) is 24.3 Å². The van der Waals surface area contributed by atoms with Gasteiger partial charge >= 0.3 is 5.97 Å². The number of hydrogen-bond donors (Lipinski definition) is 0. The Balaban J connectivity index is 2.69. The van der Waals surface area contributed by atoms with E-state index in [0.29, 0.717) is 12.1 Å². The maximum Gasteiger partial charge on any atom is 0.310 e. The molecule has 0 aliphatic carbocycles. The van der Waals surface area contributed by atoms with Crippen molar-refractivity contribution in [1.82, 2.24) is 4.90 Å². The number of nitrogens with zero attached hydrogens (tertiary/aromatic N) is 1. The van der Waals surface area contributed by atoms with Crippen LogP contribution in [0.1, 0.15) is 56.0 Å². The van der Waals surface area contributed by atoms with Gasteiger partial charge in [-0.25, -0.2) is 0 Å². The molecule has 0 heterocycles. The summed E-state index contributed by atoms with van der Waals surface area (Å²) in [6, 6.07) is 7.35. The van der Waals surface area contributed by atoms with E-state index in [4.69, 9.17) is 4.74 Å². The van der Waals surface area contributed by atoms with Crippen LogP contribution in [0.3, 0.4) is 0 Å². The van der Waals surface area contributed by atoms with Gasteiger partial charge in [0.15, 0.2) is 5.78 Å². The molecule has 1 amide bonds. The molecule has 0 fully saturated rings. The van der Waals surface area contributed by atoms with Gasteiger partial charge in [-0.3, -0.25) is 14.4 Å². The lowest BCUT2D eigenvalue weighted by Gasteiger charge is -2.30. The lowest BCUT2D eigenvalue weighted by molar-refractivity contribution is -0.147. The van der Waals surface area contributed by atoms with Gasteiger partial charge in [0.25, 0.3) is 0 Å². The molecule has 0 aliphatic heterocycles. The average molecular weight is 347 g/mol. The summed E-state index contributed by atoms with van der Waals surface area (Å²) < 4.78 is 4.74. The topological polar surface area (TPSA) is 63.7 Å². The summed E-state index contributed by atoms with van der Waals surface area (Å²) in [5.74, 6) is -0.878. The number of hydrogen-bond acceptors (Lipinski definition) is 4. The largest absolute Gasteiger partial charge is 0.469 e. The highest BCUT2D eigenvalue weighted by molar-refractivity contribution is 5.98. The molecule has 0 bridgehead atoms. The van der Waals surface area contributed by atoms with E-state index >= 15 is 0 Å². The Morgan fingerprint density at radius 1 is 1.08 bits per heavy atom. The maximum absolute atomic E-state index is 12.6. The van der Waals surface area contributed by atoms with Gasteiger partial charge in [0, 0.05) is 31.0 Å². The third-order valence-electron chi connectivity index (χ3n) is 4.46. The van der Waals surface area contributed by atoms with E-state index in [0.717, 1.165) is 12.0 Å². The molecule has 5 nitrogen and oxygen atoms in total. The molecule has 2 unspecified atom stereocenters. The van der Waals surface area contributed by atoms with Crippen molar-refractivity contribution in [2.24, 2.45) is 5.92 Å². The molecule has 1 aromatic carbocycles. The van der Waals surface area contributed by atoms with Crippen LogP contribution in [-0.4, -0.2) is 42.3 Å². The Morgan fingerprint density at radius 3 is 2.20 bits per heavy atom. The van der Waals surface area contributed by atoms with Crippen LogP contribution in [0.2, 0.25) is 0 Å².